The molecule has 5 nitrogen and oxygen atoms in total. The summed E-state index contributed by atoms with van der Waals surface area (Å²) in [5.41, 5.74) is 0.813. The van der Waals surface area contributed by atoms with Crippen LogP contribution in [0.25, 0.3) is 0 Å². The lowest BCUT2D eigenvalue weighted by Gasteiger charge is -2.34. The number of piperazine rings is 1. The molecule has 0 bridgehead atoms. The molecule has 0 atom stereocenters. The molecule has 1 fully saturated rings. The van der Waals surface area contributed by atoms with E-state index in [-0.39, 0.29) is 23.9 Å². The molecule has 1 aromatic heterocycles. The summed E-state index contributed by atoms with van der Waals surface area (Å²) < 4.78 is 0. The molecule has 1 aliphatic rings. The predicted octanol–water partition coefficient (Wildman–Crippen LogP) is 1.46. The summed E-state index contributed by atoms with van der Waals surface area (Å²) in [6, 6.07) is 1.59. The van der Waals surface area contributed by atoms with Crippen LogP contribution in [-0.2, 0) is 0 Å². The molecule has 0 aromatic carbocycles. The standard InChI is InChI=1S/C13H22N4O.ClH/c1-4-16-5-7-17(8-6-16)13-14-11(10(2)3)9-12(18)15-13;/h9-10H,4-8H2,1-3H3,(H,14,15,18);1H. The summed E-state index contributed by atoms with van der Waals surface area (Å²) in [7, 11) is 0. The third kappa shape index (κ3) is 3.94. The van der Waals surface area contributed by atoms with Gasteiger partial charge in [0, 0.05) is 32.2 Å². The third-order valence-corrected chi connectivity index (χ3v) is 3.46. The molecule has 1 aliphatic heterocycles. The Morgan fingerprint density at radius 2 is 1.95 bits per heavy atom. The van der Waals surface area contributed by atoms with Crippen LogP contribution >= 0.6 is 12.4 Å². The zero-order chi connectivity index (χ0) is 13.1. The normalized spacial score (nSPS) is 16.5. The van der Waals surface area contributed by atoms with Gasteiger partial charge >= 0.3 is 0 Å². The van der Waals surface area contributed by atoms with Crippen molar-refractivity contribution < 1.29 is 0 Å². The van der Waals surface area contributed by atoms with E-state index in [9.17, 15) is 4.79 Å². The molecule has 1 aromatic rings. The van der Waals surface area contributed by atoms with Gasteiger partial charge in [0.25, 0.3) is 5.56 Å². The molecular formula is C13H23ClN4O. The van der Waals surface area contributed by atoms with E-state index in [4.69, 9.17) is 0 Å². The first-order valence-electron chi connectivity index (χ1n) is 6.68. The van der Waals surface area contributed by atoms with Crippen molar-refractivity contribution in [3.05, 3.63) is 22.1 Å². The Labute approximate surface area is 120 Å². The van der Waals surface area contributed by atoms with Crippen molar-refractivity contribution >= 4 is 18.4 Å². The van der Waals surface area contributed by atoms with Crippen LogP contribution in [0, 0.1) is 0 Å². The van der Waals surface area contributed by atoms with Crippen molar-refractivity contribution in [1.29, 1.82) is 0 Å². The van der Waals surface area contributed by atoms with Crippen LogP contribution in [0.5, 0.6) is 0 Å². The van der Waals surface area contributed by atoms with E-state index in [0.717, 1.165) is 44.4 Å². The van der Waals surface area contributed by atoms with Crippen LogP contribution in [0.1, 0.15) is 32.4 Å². The molecule has 0 aliphatic carbocycles. The highest BCUT2D eigenvalue weighted by molar-refractivity contribution is 5.85. The maximum absolute atomic E-state index is 11.6. The second kappa shape index (κ2) is 6.91. The van der Waals surface area contributed by atoms with Crippen molar-refractivity contribution in [2.75, 3.05) is 37.6 Å². The van der Waals surface area contributed by atoms with Crippen molar-refractivity contribution in [1.82, 2.24) is 14.9 Å². The lowest BCUT2D eigenvalue weighted by Crippen LogP contribution is -2.47. The van der Waals surface area contributed by atoms with Crippen LogP contribution in [0.15, 0.2) is 10.9 Å². The fourth-order valence-electron chi connectivity index (χ4n) is 2.18. The van der Waals surface area contributed by atoms with Gasteiger partial charge in [-0.2, -0.15) is 0 Å². The van der Waals surface area contributed by atoms with E-state index >= 15 is 0 Å². The summed E-state index contributed by atoms with van der Waals surface area (Å²) in [4.78, 5) is 23.6. The molecule has 0 amide bonds. The van der Waals surface area contributed by atoms with Gasteiger partial charge in [0.1, 0.15) is 0 Å². The number of hydrogen-bond donors (Lipinski definition) is 1. The fraction of sp³-hybridized carbons (Fsp3) is 0.692. The second-order valence-corrected chi connectivity index (χ2v) is 5.07. The smallest absolute Gasteiger partial charge is 0.252 e. The molecule has 108 valence electrons. The Bertz CT molecular complexity index is 452. The minimum Gasteiger partial charge on any atom is -0.340 e. The van der Waals surface area contributed by atoms with Crippen LogP contribution in [-0.4, -0.2) is 47.6 Å². The van der Waals surface area contributed by atoms with Crippen molar-refractivity contribution in [3.63, 3.8) is 0 Å². The number of hydrogen-bond acceptors (Lipinski definition) is 4. The van der Waals surface area contributed by atoms with Gasteiger partial charge in [-0.1, -0.05) is 20.8 Å². The first kappa shape index (κ1) is 16.0. The predicted molar refractivity (Wildman–Crippen MR) is 80.5 cm³/mol. The Balaban J connectivity index is 0.00000180. The second-order valence-electron chi connectivity index (χ2n) is 5.07. The number of nitrogens with one attached hydrogen (secondary N) is 1. The molecular weight excluding hydrogens is 264 g/mol. The van der Waals surface area contributed by atoms with Gasteiger partial charge in [0.15, 0.2) is 0 Å². The molecule has 0 unspecified atom stereocenters. The number of halogens is 1. The topological polar surface area (TPSA) is 52.2 Å². The fourth-order valence-corrected chi connectivity index (χ4v) is 2.18. The Morgan fingerprint density at radius 3 is 2.47 bits per heavy atom. The number of H-pyrrole nitrogens is 1. The van der Waals surface area contributed by atoms with E-state index in [2.05, 4.69) is 40.5 Å². The lowest BCUT2D eigenvalue weighted by atomic mass is 10.1. The Kier molecular flexibility index (Phi) is 5.82. The minimum atomic E-state index is -0.0541. The van der Waals surface area contributed by atoms with E-state index in [1.165, 1.54) is 0 Å². The molecule has 19 heavy (non-hydrogen) atoms. The number of anilines is 1. The zero-order valence-corrected chi connectivity index (χ0v) is 12.7. The molecule has 0 radical (unpaired) electrons. The summed E-state index contributed by atoms with van der Waals surface area (Å²) in [6.07, 6.45) is 0. The zero-order valence-electron chi connectivity index (χ0n) is 11.8. The van der Waals surface area contributed by atoms with Gasteiger partial charge < -0.3 is 9.80 Å². The molecule has 1 saturated heterocycles. The first-order valence-corrected chi connectivity index (χ1v) is 6.68. The quantitative estimate of drug-likeness (QED) is 0.914. The van der Waals surface area contributed by atoms with E-state index in [0.29, 0.717) is 0 Å². The maximum atomic E-state index is 11.6. The molecule has 2 heterocycles. The number of nitrogens with zero attached hydrogens (tertiary/aromatic N) is 3. The van der Waals surface area contributed by atoms with Gasteiger partial charge in [-0.15, -0.1) is 12.4 Å². The van der Waals surface area contributed by atoms with Gasteiger partial charge in [0.2, 0.25) is 5.95 Å². The summed E-state index contributed by atoms with van der Waals surface area (Å²) in [5, 5.41) is 0. The van der Waals surface area contributed by atoms with Crippen LogP contribution < -0.4 is 10.5 Å². The summed E-state index contributed by atoms with van der Waals surface area (Å²) in [6.45, 7) is 11.3. The maximum Gasteiger partial charge on any atom is 0.252 e. The average molecular weight is 287 g/mol. The van der Waals surface area contributed by atoms with Crippen LogP contribution in [0.2, 0.25) is 0 Å². The molecule has 0 spiro atoms. The molecule has 1 N–H and O–H groups in total. The molecule has 6 heteroatoms. The lowest BCUT2D eigenvalue weighted by molar-refractivity contribution is 0.269. The van der Waals surface area contributed by atoms with Crippen molar-refractivity contribution in [2.45, 2.75) is 26.7 Å². The van der Waals surface area contributed by atoms with Crippen molar-refractivity contribution in [2.24, 2.45) is 0 Å². The monoisotopic (exact) mass is 286 g/mol. The highest BCUT2D eigenvalue weighted by atomic mass is 35.5. The highest BCUT2D eigenvalue weighted by Gasteiger charge is 2.18. The molecule has 0 saturated carbocycles. The number of likely N-dealkylation sites (N-methyl/N-ethyl adjacent to an activating group) is 1. The van der Waals surface area contributed by atoms with E-state index < -0.39 is 0 Å². The van der Waals surface area contributed by atoms with Crippen molar-refractivity contribution in [3.8, 4) is 0 Å². The van der Waals surface area contributed by atoms with E-state index in [1.54, 1.807) is 6.07 Å². The van der Waals surface area contributed by atoms with Gasteiger partial charge in [-0.3, -0.25) is 9.78 Å². The number of aromatic nitrogens is 2. The first-order chi connectivity index (χ1) is 8.60. The Hall–Kier alpha value is -1.07. The minimum absolute atomic E-state index is 0. The summed E-state index contributed by atoms with van der Waals surface area (Å²) in [5.74, 6) is 1.00. The van der Waals surface area contributed by atoms with Crippen LogP contribution in [0.3, 0.4) is 0 Å². The average Bonchev–Trinajstić information content (AvgIpc) is 2.38. The Morgan fingerprint density at radius 1 is 1.32 bits per heavy atom. The van der Waals surface area contributed by atoms with Gasteiger partial charge in [-0.25, -0.2) is 4.98 Å². The van der Waals surface area contributed by atoms with E-state index in [1.807, 2.05) is 0 Å². The van der Waals surface area contributed by atoms with Crippen LogP contribution in [0.4, 0.5) is 5.95 Å². The largest absolute Gasteiger partial charge is 0.340 e. The van der Waals surface area contributed by atoms with Gasteiger partial charge in [-0.05, 0) is 12.5 Å². The number of aromatic amines is 1. The van der Waals surface area contributed by atoms with Gasteiger partial charge in [0.05, 0.1) is 5.69 Å². The summed E-state index contributed by atoms with van der Waals surface area (Å²) >= 11 is 0. The molecule has 2 rings (SSSR count). The third-order valence-electron chi connectivity index (χ3n) is 3.46. The highest BCUT2D eigenvalue weighted by Crippen LogP contribution is 2.14. The SMILES string of the molecule is CCN1CCN(c2nc(C(C)C)cc(=O)[nH]2)CC1.Cl. The number of rotatable bonds is 3.